The molecule has 0 heterocycles. The minimum Gasteiger partial charge on any atom is -0.409 e. The minimum atomic E-state index is -4.57. The fourth-order valence-corrected chi connectivity index (χ4v) is 1.67. The summed E-state index contributed by atoms with van der Waals surface area (Å²) in [5.41, 5.74) is 4.21. The van der Waals surface area contributed by atoms with E-state index in [9.17, 15) is 18.0 Å². The summed E-state index contributed by atoms with van der Waals surface area (Å²) >= 11 is 0. The van der Waals surface area contributed by atoms with E-state index < -0.39 is 23.6 Å². The van der Waals surface area contributed by atoms with Gasteiger partial charge in [-0.05, 0) is 31.0 Å². The molecule has 0 aliphatic heterocycles. The first-order valence-electron chi connectivity index (χ1n) is 6.08. The Hall–Kier alpha value is -2.45. The number of urea groups is 1. The monoisotopic (exact) mass is 302 g/mol. The molecule has 1 aromatic rings. The summed E-state index contributed by atoms with van der Waals surface area (Å²) in [4.78, 5) is 11.6. The van der Waals surface area contributed by atoms with Crippen molar-refractivity contribution in [2.75, 3.05) is 5.32 Å². The van der Waals surface area contributed by atoms with Crippen molar-refractivity contribution in [3.05, 3.63) is 29.3 Å². The highest BCUT2D eigenvalue weighted by molar-refractivity contribution is 6.05. The molecule has 9 heteroatoms. The van der Waals surface area contributed by atoms with E-state index in [0.717, 1.165) is 25.0 Å². The first-order valence-corrected chi connectivity index (χ1v) is 6.08. The first-order chi connectivity index (χ1) is 9.81. The van der Waals surface area contributed by atoms with Crippen molar-refractivity contribution in [2.24, 2.45) is 10.9 Å². The number of amides is 2. The number of hydrogen-bond donors (Lipinski definition) is 4. The summed E-state index contributed by atoms with van der Waals surface area (Å²) in [6.45, 7) is 0. The van der Waals surface area contributed by atoms with Crippen molar-refractivity contribution in [3.8, 4) is 0 Å². The number of amidine groups is 1. The fourth-order valence-electron chi connectivity index (χ4n) is 1.67. The van der Waals surface area contributed by atoms with E-state index in [0.29, 0.717) is 6.07 Å². The average Bonchev–Trinajstić information content (AvgIpc) is 3.20. The number of benzene rings is 1. The number of nitrogens with zero attached hydrogens (tertiary/aromatic N) is 1. The van der Waals surface area contributed by atoms with Gasteiger partial charge in [0.15, 0.2) is 5.84 Å². The molecule has 0 bridgehead atoms. The van der Waals surface area contributed by atoms with E-state index in [1.807, 2.05) is 0 Å². The minimum absolute atomic E-state index is 0.0245. The van der Waals surface area contributed by atoms with Crippen LogP contribution in [0.4, 0.5) is 23.7 Å². The van der Waals surface area contributed by atoms with Gasteiger partial charge in [0.05, 0.1) is 11.3 Å². The van der Waals surface area contributed by atoms with Crippen LogP contribution in [-0.4, -0.2) is 23.1 Å². The second-order valence-electron chi connectivity index (χ2n) is 4.62. The fraction of sp³-hybridized carbons (Fsp3) is 0.333. The molecule has 0 spiro atoms. The number of oxime groups is 1. The van der Waals surface area contributed by atoms with Crippen molar-refractivity contribution >= 4 is 17.6 Å². The zero-order chi connectivity index (χ0) is 15.6. The molecule has 6 nitrogen and oxygen atoms in total. The Morgan fingerprint density at radius 3 is 2.57 bits per heavy atom. The van der Waals surface area contributed by atoms with Gasteiger partial charge in [0.2, 0.25) is 0 Å². The Kier molecular flexibility index (Phi) is 3.92. The van der Waals surface area contributed by atoms with E-state index in [1.165, 1.54) is 0 Å². The number of nitrogens with one attached hydrogen (secondary N) is 2. The summed E-state index contributed by atoms with van der Waals surface area (Å²) in [6, 6.07) is 2.11. The van der Waals surface area contributed by atoms with Crippen molar-refractivity contribution in [2.45, 2.75) is 25.1 Å². The van der Waals surface area contributed by atoms with Gasteiger partial charge in [0, 0.05) is 11.6 Å². The standard InChI is InChI=1S/C12H13F3N4O2/c13-12(14,15)6-1-4-9(8(5-6)10(16)19-21)18-11(20)17-7-2-3-7/h1,4-5,7,21H,2-3H2,(H2,16,19)(H2,17,18,20). The van der Waals surface area contributed by atoms with E-state index in [-0.39, 0.29) is 17.3 Å². The topological polar surface area (TPSA) is 99.7 Å². The van der Waals surface area contributed by atoms with Crippen molar-refractivity contribution in [3.63, 3.8) is 0 Å². The molecule has 1 fully saturated rings. The number of alkyl halides is 3. The molecular formula is C12H13F3N4O2. The predicted octanol–water partition coefficient (Wildman–Crippen LogP) is 2.08. The molecule has 0 atom stereocenters. The number of anilines is 1. The van der Waals surface area contributed by atoms with Crippen molar-refractivity contribution in [1.29, 1.82) is 0 Å². The van der Waals surface area contributed by atoms with Crippen LogP contribution in [0.1, 0.15) is 24.0 Å². The van der Waals surface area contributed by atoms with Crippen LogP contribution in [0.15, 0.2) is 23.4 Å². The zero-order valence-corrected chi connectivity index (χ0v) is 10.7. The summed E-state index contributed by atoms with van der Waals surface area (Å²) in [5.74, 6) is -0.525. The Balaban J connectivity index is 2.28. The molecule has 21 heavy (non-hydrogen) atoms. The Bertz CT molecular complexity index is 582. The maximum atomic E-state index is 12.7. The van der Waals surface area contributed by atoms with Crippen LogP contribution in [0.2, 0.25) is 0 Å². The highest BCUT2D eigenvalue weighted by atomic mass is 19.4. The molecule has 2 rings (SSSR count). The van der Waals surface area contributed by atoms with Crippen LogP contribution in [0.25, 0.3) is 0 Å². The Morgan fingerprint density at radius 2 is 2.05 bits per heavy atom. The third-order valence-electron chi connectivity index (χ3n) is 2.89. The molecule has 2 amide bonds. The number of carbonyl (C=O) groups is 1. The molecule has 114 valence electrons. The lowest BCUT2D eigenvalue weighted by atomic mass is 10.1. The Labute approximate surface area is 117 Å². The summed E-state index contributed by atoms with van der Waals surface area (Å²) < 4.78 is 38.0. The summed E-state index contributed by atoms with van der Waals surface area (Å²) in [5, 5.41) is 16.3. The van der Waals surface area contributed by atoms with E-state index in [2.05, 4.69) is 15.8 Å². The second-order valence-corrected chi connectivity index (χ2v) is 4.62. The second kappa shape index (κ2) is 5.51. The third-order valence-corrected chi connectivity index (χ3v) is 2.89. The largest absolute Gasteiger partial charge is 0.416 e. The van der Waals surface area contributed by atoms with Gasteiger partial charge < -0.3 is 21.6 Å². The van der Waals surface area contributed by atoms with Crippen LogP contribution in [-0.2, 0) is 6.18 Å². The molecule has 1 aliphatic rings. The molecular weight excluding hydrogens is 289 g/mol. The lowest BCUT2D eigenvalue weighted by Crippen LogP contribution is -2.31. The Morgan fingerprint density at radius 1 is 1.38 bits per heavy atom. The predicted molar refractivity (Wildman–Crippen MR) is 69.1 cm³/mol. The lowest BCUT2D eigenvalue weighted by molar-refractivity contribution is -0.137. The number of halogens is 3. The molecule has 0 aromatic heterocycles. The van der Waals surface area contributed by atoms with Crippen LogP contribution in [0.3, 0.4) is 0 Å². The van der Waals surface area contributed by atoms with Gasteiger partial charge >= 0.3 is 12.2 Å². The third kappa shape index (κ3) is 3.77. The molecule has 0 radical (unpaired) electrons. The van der Waals surface area contributed by atoms with Crippen molar-refractivity contribution < 1.29 is 23.2 Å². The molecule has 1 aliphatic carbocycles. The lowest BCUT2D eigenvalue weighted by Gasteiger charge is -2.14. The zero-order valence-electron chi connectivity index (χ0n) is 10.7. The van der Waals surface area contributed by atoms with Crippen LogP contribution in [0.5, 0.6) is 0 Å². The normalized spacial score (nSPS) is 15.7. The van der Waals surface area contributed by atoms with Gasteiger partial charge in [0.1, 0.15) is 0 Å². The van der Waals surface area contributed by atoms with Gasteiger partial charge in [-0.1, -0.05) is 5.16 Å². The van der Waals surface area contributed by atoms with Gasteiger partial charge in [0.25, 0.3) is 0 Å². The van der Waals surface area contributed by atoms with E-state index >= 15 is 0 Å². The number of rotatable bonds is 3. The molecule has 1 aromatic carbocycles. The number of nitrogens with two attached hydrogens (primary N) is 1. The molecule has 1 saturated carbocycles. The maximum Gasteiger partial charge on any atom is 0.416 e. The highest BCUT2D eigenvalue weighted by Gasteiger charge is 2.31. The molecule has 5 N–H and O–H groups in total. The SMILES string of the molecule is N/C(=N/O)c1cc(C(F)(F)F)ccc1NC(=O)NC1CC1. The van der Waals surface area contributed by atoms with Crippen LogP contribution in [0, 0.1) is 0 Å². The number of carbonyl (C=O) groups excluding carboxylic acids is 1. The van der Waals surface area contributed by atoms with Gasteiger partial charge in [-0.15, -0.1) is 0 Å². The van der Waals surface area contributed by atoms with Crippen molar-refractivity contribution in [1.82, 2.24) is 5.32 Å². The number of hydrogen-bond acceptors (Lipinski definition) is 3. The maximum absolute atomic E-state index is 12.7. The smallest absolute Gasteiger partial charge is 0.409 e. The first kappa shape index (κ1) is 14.9. The van der Waals surface area contributed by atoms with Gasteiger partial charge in [-0.2, -0.15) is 13.2 Å². The average molecular weight is 302 g/mol. The van der Waals surface area contributed by atoms with Crippen LogP contribution >= 0.6 is 0 Å². The van der Waals surface area contributed by atoms with Crippen LogP contribution < -0.4 is 16.4 Å². The molecule has 0 unspecified atom stereocenters. The van der Waals surface area contributed by atoms with E-state index in [4.69, 9.17) is 10.9 Å². The highest BCUT2D eigenvalue weighted by Crippen LogP contribution is 2.32. The van der Waals surface area contributed by atoms with Gasteiger partial charge in [-0.25, -0.2) is 4.79 Å². The summed E-state index contributed by atoms with van der Waals surface area (Å²) in [6.07, 6.45) is -2.83. The van der Waals surface area contributed by atoms with E-state index in [1.54, 1.807) is 0 Å². The molecule has 0 saturated heterocycles. The summed E-state index contributed by atoms with van der Waals surface area (Å²) in [7, 11) is 0. The quantitative estimate of drug-likeness (QED) is 0.298. The van der Waals surface area contributed by atoms with Gasteiger partial charge in [-0.3, -0.25) is 0 Å².